The van der Waals surface area contributed by atoms with Crippen LogP contribution < -0.4 is 0 Å². The van der Waals surface area contributed by atoms with Crippen LogP contribution in [0.2, 0.25) is 0 Å². The van der Waals surface area contributed by atoms with Crippen molar-refractivity contribution in [3.8, 4) is 11.3 Å². The average molecular weight is 333 g/mol. The molecular formula is C21H23N3O. The van der Waals surface area contributed by atoms with Gasteiger partial charge in [-0.3, -0.25) is 4.79 Å². The summed E-state index contributed by atoms with van der Waals surface area (Å²) in [5.74, 6) is 0.0630. The highest BCUT2D eigenvalue weighted by molar-refractivity contribution is 5.99. The van der Waals surface area contributed by atoms with E-state index in [0.29, 0.717) is 5.56 Å². The summed E-state index contributed by atoms with van der Waals surface area (Å²) in [5, 5.41) is 0. The van der Waals surface area contributed by atoms with E-state index >= 15 is 0 Å². The number of carbonyl (C=O) groups excluding carboxylic acids is 1. The molecule has 1 atom stereocenters. The number of benzene rings is 1. The number of amides is 1. The maximum atomic E-state index is 13.2. The number of carbonyl (C=O) groups is 1. The smallest absolute Gasteiger partial charge is 0.257 e. The first-order chi connectivity index (χ1) is 12.3. The Bertz CT molecular complexity index is 787. The predicted octanol–water partition coefficient (Wildman–Crippen LogP) is 4.11. The van der Waals surface area contributed by atoms with Gasteiger partial charge in [-0.2, -0.15) is 0 Å². The lowest BCUT2D eigenvalue weighted by molar-refractivity contribution is 0.0484. The van der Waals surface area contributed by atoms with Crippen molar-refractivity contribution in [1.82, 2.24) is 14.9 Å². The van der Waals surface area contributed by atoms with Crippen LogP contribution in [-0.4, -0.2) is 33.9 Å². The second-order valence-corrected chi connectivity index (χ2v) is 7.20. The zero-order valence-corrected chi connectivity index (χ0v) is 14.4. The van der Waals surface area contributed by atoms with Crippen LogP contribution in [0.4, 0.5) is 0 Å². The summed E-state index contributed by atoms with van der Waals surface area (Å²) in [6.07, 6.45) is 13.4. The van der Waals surface area contributed by atoms with Crippen molar-refractivity contribution >= 4 is 5.91 Å². The van der Waals surface area contributed by atoms with Crippen molar-refractivity contribution in [3.63, 3.8) is 0 Å². The molecule has 4 heteroatoms. The van der Waals surface area contributed by atoms with Gasteiger partial charge in [0.25, 0.3) is 5.91 Å². The molecule has 1 aromatic carbocycles. The van der Waals surface area contributed by atoms with Crippen LogP contribution in [0.5, 0.6) is 0 Å². The van der Waals surface area contributed by atoms with Crippen molar-refractivity contribution in [2.75, 3.05) is 13.1 Å². The highest BCUT2D eigenvalue weighted by Crippen LogP contribution is 2.41. The Labute approximate surface area is 148 Å². The van der Waals surface area contributed by atoms with Gasteiger partial charge in [-0.1, -0.05) is 42.5 Å². The number of piperidine rings is 1. The Hall–Kier alpha value is -2.49. The molecule has 25 heavy (non-hydrogen) atoms. The normalized spacial score (nSPS) is 23.0. The Morgan fingerprint density at radius 1 is 1.12 bits per heavy atom. The summed E-state index contributed by atoms with van der Waals surface area (Å²) in [5.41, 5.74) is 2.56. The number of nitrogens with zero attached hydrogens (tertiary/aromatic N) is 3. The first kappa shape index (κ1) is 16.0. The average Bonchev–Trinajstić information content (AvgIpc) is 2.69. The summed E-state index contributed by atoms with van der Waals surface area (Å²) in [4.78, 5) is 23.8. The standard InChI is InChI=1S/C21H23N3O/c25-20(24-13-7-12-21(15-24)10-5-2-6-11-21)18-14-22-16-23-19(18)17-8-3-1-4-9-17/h1-5,8-9,14,16H,6-7,10-13,15H2. The molecule has 1 fully saturated rings. The lowest BCUT2D eigenvalue weighted by Crippen LogP contribution is -2.46. The van der Waals surface area contributed by atoms with Crippen LogP contribution in [-0.2, 0) is 0 Å². The summed E-state index contributed by atoms with van der Waals surface area (Å²) in [6, 6.07) is 9.88. The minimum atomic E-state index is 0.0630. The first-order valence-corrected chi connectivity index (χ1v) is 9.07. The lowest BCUT2D eigenvalue weighted by Gasteiger charge is -2.44. The monoisotopic (exact) mass is 333 g/mol. The predicted molar refractivity (Wildman–Crippen MR) is 98.0 cm³/mol. The first-order valence-electron chi connectivity index (χ1n) is 9.07. The molecule has 1 spiro atoms. The summed E-state index contributed by atoms with van der Waals surface area (Å²) >= 11 is 0. The van der Waals surface area contributed by atoms with E-state index in [0.717, 1.165) is 43.6 Å². The van der Waals surface area contributed by atoms with Crippen molar-refractivity contribution < 1.29 is 4.79 Å². The van der Waals surface area contributed by atoms with Gasteiger partial charge in [0.05, 0.1) is 11.3 Å². The highest BCUT2D eigenvalue weighted by Gasteiger charge is 2.37. The molecule has 0 saturated carbocycles. The van der Waals surface area contributed by atoms with E-state index in [1.165, 1.54) is 19.2 Å². The van der Waals surface area contributed by atoms with Crippen molar-refractivity contribution in [2.24, 2.45) is 5.41 Å². The van der Waals surface area contributed by atoms with E-state index in [-0.39, 0.29) is 11.3 Å². The fraction of sp³-hybridized carbons (Fsp3) is 0.381. The van der Waals surface area contributed by atoms with E-state index in [9.17, 15) is 4.79 Å². The molecule has 2 heterocycles. The Morgan fingerprint density at radius 2 is 2.00 bits per heavy atom. The highest BCUT2D eigenvalue weighted by atomic mass is 16.2. The molecule has 1 saturated heterocycles. The second kappa shape index (κ2) is 6.79. The van der Waals surface area contributed by atoms with Crippen LogP contribution in [0, 0.1) is 5.41 Å². The maximum Gasteiger partial charge on any atom is 0.257 e. The third kappa shape index (κ3) is 3.21. The topological polar surface area (TPSA) is 46.1 Å². The third-order valence-electron chi connectivity index (χ3n) is 5.50. The molecule has 2 aliphatic rings. The van der Waals surface area contributed by atoms with Crippen molar-refractivity contribution in [1.29, 1.82) is 0 Å². The Kier molecular flexibility index (Phi) is 4.35. The molecule has 0 radical (unpaired) electrons. The van der Waals surface area contributed by atoms with Crippen LogP contribution in [0.15, 0.2) is 55.0 Å². The molecule has 1 aromatic heterocycles. The van der Waals surface area contributed by atoms with E-state index in [1.807, 2.05) is 35.2 Å². The lowest BCUT2D eigenvalue weighted by atomic mass is 9.71. The van der Waals surface area contributed by atoms with Gasteiger partial charge >= 0.3 is 0 Å². The van der Waals surface area contributed by atoms with E-state index in [1.54, 1.807) is 6.20 Å². The molecule has 1 amide bonds. The molecule has 128 valence electrons. The van der Waals surface area contributed by atoms with Gasteiger partial charge in [-0.05, 0) is 37.5 Å². The van der Waals surface area contributed by atoms with Crippen LogP contribution in [0.3, 0.4) is 0 Å². The zero-order chi connectivity index (χ0) is 17.1. The second-order valence-electron chi connectivity index (χ2n) is 7.20. The fourth-order valence-electron chi connectivity index (χ4n) is 4.18. The molecule has 2 aromatic rings. The molecule has 4 nitrogen and oxygen atoms in total. The van der Waals surface area contributed by atoms with E-state index < -0.39 is 0 Å². The Balaban J connectivity index is 1.62. The number of likely N-dealkylation sites (tertiary alicyclic amines) is 1. The van der Waals surface area contributed by atoms with Gasteiger partial charge in [0, 0.05) is 24.8 Å². The molecular weight excluding hydrogens is 310 g/mol. The van der Waals surface area contributed by atoms with Crippen LogP contribution in [0.1, 0.15) is 42.5 Å². The molecule has 1 aliphatic heterocycles. The summed E-state index contributed by atoms with van der Waals surface area (Å²) in [7, 11) is 0. The number of aromatic nitrogens is 2. The van der Waals surface area contributed by atoms with Gasteiger partial charge in [0.15, 0.2) is 0 Å². The van der Waals surface area contributed by atoms with Crippen LogP contribution >= 0.6 is 0 Å². The number of hydrogen-bond acceptors (Lipinski definition) is 3. The summed E-state index contributed by atoms with van der Waals surface area (Å²) in [6.45, 7) is 1.67. The van der Waals surface area contributed by atoms with Gasteiger partial charge in [-0.15, -0.1) is 0 Å². The third-order valence-corrected chi connectivity index (χ3v) is 5.50. The maximum absolute atomic E-state index is 13.2. The number of hydrogen-bond donors (Lipinski definition) is 0. The van der Waals surface area contributed by atoms with Gasteiger partial charge in [0.2, 0.25) is 0 Å². The SMILES string of the molecule is O=C(c1cncnc1-c1ccccc1)N1CCCC2(CC=CCC2)C1. The fourth-order valence-corrected chi connectivity index (χ4v) is 4.18. The molecule has 1 unspecified atom stereocenters. The van der Waals surface area contributed by atoms with E-state index in [4.69, 9.17) is 0 Å². The van der Waals surface area contributed by atoms with Gasteiger partial charge in [-0.25, -0.2) is 9.97 Å². The molecule has 0 N–H and O–H groups in total. The molecule has 0 bridgehead atoms. The van der Waals surface area contributed by atoms with Crippen LogP contribution in [0.25, 0.3) is 11.3 Å². The minimum Gasteiger partial charge on any atom is -0.338 e. The molecule has 1 aliphatic carbocycles. The quantitative estimate of drug-likeness (QED) is 0.777. The number of rotatable bonds is 2. The van der Waals surface area contributed by atoms with Gasteiger partial charge in [0.1, 0.15) is 6.33 Å². The largest absolute Gasteiger partial charge is 0.338 e. The van der Waals surface area contributed by atoms with Crippen molar-refractivity contribution in [2.45, 2.75) is 32.1 Å². The summed E-state index contributed by atoms with van der Waals surface area (Å²) < 4.78 is 0. The minimum absolute atomic E-state index is 0.0630. The van der Waals surface area contributed by atoms with E-state index in [2.05, 4.69) is 22.1 Å². The molecule has 4 rings (SSSR count). The Morgan fingerprint density at radius 3 is 2.80 bits per heavy atom. The van der Waals surface area contributed by atoms with Crippen molar-refractivity contribution in [3.05, 3.63) is 60.6 Å². The zero-order valence-electron chi connectivity index (χ0n) is 14.4. The van der Waals surface area contributed by atoms with Gasteiger partial charge < -0.3 is 4.90 Å². The number of allylic oxidation sites excluding steroid dienone is 2.